The Kier molecular flexibility index (Phi) is 4.02. The van der Waals surface area contributed by atoms with Crippen molar-refractivity contribution < 1.29 is 4.79 Å². The van der Waals surface area contributed by atoms with E-state index in [2.05, 4.69) is 41.8 Å². The molecule has 1 aliphatic rings. The van der Waals surface area contributed by atoms with Crippen LogP contribution < -0.4 is 10.6 Å². The quantitative estimate of drug-likeness (QED) is 0.906. The van der Waals surface area contributed by atoms with Crippen molar-refractivity contribution in [2.24, 2.45) is 0 Å². The van der Waals surface area contributed by atoms with Gasteiger partial charge in [-0.25, -0.2) is 0 Å². The first-order valence-corrected chi connectivity index (χ1v) is 7.37. The van der Waals surface area contributed by atoms with Crippen LogP contribution in [0, 0.1) is 6.92 Å². The third-order valence-corrected chi connectivity index (χ3v) is 4.09. The fourth-order valence-corrected chi connectivity index (χ4v) is 2.81. The highest BCUT2D eigenvalue weighted by Crippen LogP contribution is 2.18. The van der Waals surface area contributed by atoms with Gasteiger partial charge in [-0.05, 0) is 30.0 Å². The Morgan fingerprint density at radius 2 is 1.76 bits per heavy atom. The molecule has 0 radical (unpaired) electrons. The molecule has 2 aromatic rings. The molecule has 3 nitrogen and oxygen atoms in total. The Labute approximate surface area is 125 Å². The third-order valence-electron chi connectivity index (χ3n) is 4.09. The summed E-state index contributed by atoms with van der Waals surface area (Å²) in [5, 5.41) is 6.50. The summed E-state index contributed by atoms with van der Waals surface area (Å²) in [7, 11) is 0. The highest BCUT2D eigenvalue weighted by Gasteiger charge is 2.28. The van der Waals surface area contributed by atoms with E-state index >= 15 is 0 Å². The van der Waals surface area contributed by atoms with Crippen LogP contribution in [0.1, 0.15) is 22.7 Å². The number of nitrogens with one attached hydrogen (secondary N) is 2. The number of piperazine rings is 1. The van der Waals surface area contributed by atoms with Crippen LogP contribution in [0.4, 0.5) is 0 Å². The minimum Gasteiger partial charge on any atom is -0.353 e. The maximum atomic E-state index is 12.1. The van der Waals surface area contributed by atoms with Crippen molar-refractivity contribution in [3.63, 3.8) is 0 Å². The molecule has 2 atom stereocenters. The molecule has 1 heterocycles. The van der Waals surface area contributed by atoms with Gasteiger partial charge >= 0.3 is 0 Å². The van der Waals surface area contributed by atoms with Gasteiger partial charge in [-0.3, -0.25) is 10.1 Å². The number of carbonyl (C=O) groups is 1. The van der Waals surface area contributed by atoms with Crippen LogP contribution in [0.15, 0.2) is 54.6 Å². The van der Waals surface area contributed by atoms with Crippen molar-refractivity contribution >= 4 is 5.91 Å². The molecule has 1 aliphatic heterocycles. The van der Waals surface area contributed by atoms with Crippen LogP contribution in [-0.4, -0.2) is 18.5 Å². The van der Waals surface area contributed by atoms with Crippen LogP contribution in [-0.2, 0) is 11.2 Å². The molecule has 0 spiro atoms. The minimum atomic E-state index is -0.176. The molecule has 1 saturated heterocycles. The molecule has 2 aromatic carbocycles. The van der Waals surface area contributed by atoms with E-state index in [-0.39, 0.29) is 18.0 Å². The maximum Gasteiger partial charge on any atom is 0.237 e. The van der Waals surface area contributed by atoms with Crippen LogP contribution in [0.5, 0.6) is 0 Å². The number of carbonyl (C=O) groups excluding carboxylic acids is 1. The molecule has 0 aromatic heterocycles. The molecule has 0 unspecified atom stereocenters. The van der Waals surface area contributed by atoms with Gasteiger partial charge in [-0.2, -0.15) is 0 Å². The van der Waals surface area contributed by atoms with Gasteiger partial charge in [0.05, 0.1) is 12.1 Å². The first kappa shape index (κ1) is 13.8. The molecule has 1 amide bonds. The first-order chi connectivity index (χ1) is 10.2. The zero-order chi connectivity index (χ0) is 14.7. The molecule has 3 rings (SSSR count). The summed E-state index contributed by atoms with van der Waals surface area (Å²) >= 11 is 0. The Morgan fingerprint density at radius 1 is 1.05 bits per heavy atom. The summed E-state index contributed by atoms with van der Waals surface area (Å²) in [6.45, 7) is 2.73. The largest absolute Gasteiger partial charge is 0.353 e. The maximum absolute atomic E-state index is 12.1. The molecular formula is C18H20N2O. The Balaban J connectivity index is 1.75. The molecule has 2 N–H and O–H groups in total. The fourth-order valence-electron chi connectivity index (χ4n) is 2.81. The van der Waals surface area contributed by atoms with E-state index in [0.717, 1.165) is 6.42 Å². The van der Waals surface area contributed by atoms with E-state index in [1.54, 1.807) is 0 Å². The second-order valence-corrected chi connectivity index (χ2v) is 5.56. The van der Waals surface area contributed by atoms with Crippen molar-refractivity contribution in [2.45, 2.75) is 25.4 Å². The zero-order valence-electron chi connectivity index (χ0n) is 12.2. The highest BCUT2D eigenvalue weighted by molar-refractivity contribution is 5.83. The molecule has 0 aliphatic carbocycles. The van der Waals surface area contributed by atoms with E-state index in [0.29, 0.717) is 6.54 Å². The first-order valence-electron chi connectivity index (χ1n) is 7.37. The van der Waals surface area contributed by atoms with Gasteiger partial charge in [-0.1, -0.05) is 54.6 Å². The van der Waals surface area contributed by atoms with Gasteiger partial charge in [-0.15, -0.1) is 0 Å². The minimum absolute atomic E-state index is 0.0884. The molecule has 0 saturated carbocycles. The molecule has 21 heavy (non-hydrogen) atoms. The van der Waals surface area contributed by atoms with Gasteiger partial charge in [0.1, 0.15) is 0 Å². The fraction of sp³-hybridized carbons (Fsp3) is 0.278. The van der Waals surface area contributed by atoms with E-state index in [1.165, 1.54) is 16.7 Å². The topological polar surface area (TPSA) is 41.1 Å². The van der Waals surface area contributed by atoms with Crippen molar-refractivity contribution in [3.05, 3.63) is 71.3 Å². The number of hydrogen-bond donors (Lipinski definition) is 2. The number of benzene rings is 2. The summed E-state index contributed by atoms with van der Waals surface area (Å²) in [6.07, 6.45) is 0.724. The predicted octanol–water partition coefficient (Wildman–Crippen LogP) is 2.37. The van der Waals surface area contributed by atoms with Gasteiger partial charge in [0, 0.05) is 6.54 Å². The van der Waals surface area contributed by atoms with Gasteiger partial charge in [0.2, 0.25) is 5.91 Å². The number of amides is 1. The lowest BCUT2D eigenvalue weighted by molar-refractivity contribution is -0.125. The van der Waals surface area contributed by atoms with Crippen molar-refractivity contribution in [2.75, 3.05) is 6.54 Å². The second kappa shape index (κ2) is 6.10. The summed E-state index contributed by atoms with van der Waals surface area (Å²) in [5.41, 5.74) is 3.67. The SMILES string of the molecule is Cc1ccccc1C[C@@H]1N[C@@H](c2ccccc2)CNC1=O. The lowest BCUT2D eigenvalue weighted by Gasteiger charge is -2.31. The van der Waals surface area contributed by atoms with Gasteiger partial charge < -0.3 is 5.32 Å². The highest BCUT2D eigenvalue weighted by atomic mass is 16.2. The van der Waals surface area contributed by atoms with Crippen molar-refractivity contribution in [1.29, 1.82) is 0 Å². The average molecular weight is 280 g/mol. The van der Waals surface area contributed by atoms with Crippen molar-refractivity contribution in [1.82, 2.24) is 10.6 Å². The van der Waals surface area contributed by atoms with Crippen LogP contribution in [0.2, 0.25) is 0 Å². The third kappa shape index (κ3) is 3.14. The average Bonchev–Trinajstić information content (AvgIpc) is 2.52. The summed E-state index contributed by atoms with van der Waals surface area (Å²) in [4.78, 5) is 12.1. The Bertz CT molecular complexity index is 624. The Morgan fingerprint density at radius 3 is 2.52 bits per heavy atom. The van der Waals surface area contributed by atoms with E-state index in [9.17, 15) is 4.79 Å². The second-order valence-electron chi connectivity index (χ2n) is 5.56. The van der Waals surface area contributed by atoms with Gasteiger partial charge in [0.15, 0.2) is 0 Å². The summed E-state index contributed by atoms with van der Waals surface area (Å²) < 4.78 is 0. The lowest BCUT2D eigenvalue weighted by atomic mass is 9.96. The lowest BCUT2D eigenvalue weighted by Crippen LogP contribution is -2.55. The zero-order valence-corrected chi connectivity index (χ0v) is 12.2. The normalized spacial score (nSPS) is 21.9. The van der Waals surface area contributed by atoms with Crippen LogP contribution in [0.25, 0.3) is 0 Å². The van der Waals surface area contributed by atoms with Crippen molar-refractivity contribution in [3.8, 4) is 0 Å². The smallest absolute Gasteiger partial charge is 0.237 e. The summed E-state index contributed by atoms with van der Waals surface area (Å²) in [6, 6.07) is 18.5. The van der Waals surface area contributed by atoms with Gasteiger partial charge in [0.25, 0.3) is 0 Å². The van der Waals surface area contributed by atoms with E-state index < -0.39 is 0 Å². The van der Waals surface area contributed by atoms with Crippen LogP contribution >= 0.6 is 0 Å². The summed E-state index contributed by atoms with van der Waals surface area (Å²) in [5.74, 6) is 0.0884. The number of aryl methyl sites for hydroxylation is 1. The van der Waals surface area contributed by atoms with E-state index in [4.69, 9.17) is 0 Å². The molecule has 0 bridgehead atoms. The molecule has 3 heteroatoms. The predicted molar refractivity (Wildman–Crippen MR) is 84.0 cm³/mol. The Hall–Kier alpha value is -2.13. The monoisotopic (exact) mass is 280 g/mol. The molecule has 108 valence electrons. The van der Waals surface area contributed by atoms with Crippen LogP contribution in [0.3, 0.4) is 0 Å². The standard InChI is InChI=1S/C18H20N2O/c1-13-7-5-6-10-15(13)11-16-18(21)19-12-17(20-16)14-8-3-2-4-9-14/h2-10,16-17,20H,11-12H2,1H3,(H,19,21)/t16-,17+/m0/s1. The number of rotatable bonds is 3. The molecule has 1 fully saturated rings. The molecular weight excluding hydrogens is 260 g/mol. The van der Waals surface area contributed by atoms with E-state index in [1.807, 2.05) is 30.3 Å². The number of hydrogen-bond acceptors (Lipinski definition) is 2.